The van der Waals surface area contributed by atoms with E-state index in [0.29, 0.717) is 10.6 Å². The van der Waals surface area contributed by atoms with Gasteiger partial charge >= 0.3 is 6.18 Å². The van der Waals surface area contributed by atoms with Crippen molar-refractivity contribution in [3.8, 4) is 0 Å². The summed E-state index contributed by atoms with van der Waals surface area (Å²) < 4.78 is 35.3. The Kier molecular flexibility index (Phi) is 4.57. The van der Waals surface area contributed by atoms with Gasteiger partial charge in [-0.25, -0.2) is 0 Å². The van der Waals surface area contributed by atoms with Crippen LogP contribution in [-0.2, 0) is 4.79 Å². The molecular weight excluding hydrogens is 255 g/mol. The Labute approximate surface area is 101 Å². The fourth-order valence-corrected chi connectivity index (χ4v) is 1.12. The summed E-state index contributed by atoms with van der Waals surface area (Å²) >= 11 is 5.65. The number of benzene rings is 1. The molecule has 1 amide bonds. The van der Waals surface area contributed by atoms with Crippen LogP contribution >= 0.6 is 11.6 Å². The summed E-state index contributed by atoms with van der Waals surface area (Å²) in [6, 6.07) is 6.54. The third-order valence-corrected chi connectivity index (χ3v) is 2.01. The molecule has 1 N–H and O–H groups in total. The molecule has 1 rings (SSSR count). The minimum atomic E-state index is -4.40. The number of carbonyl (C=O) groups is 1. The largest absolute Gasteiger partial charge is 0.405 e. The van der Waals surface area contributed by atoms with Gasteiger partial charge in [-0.2, -0.15) is 13.2 Å². The van der Waals surface area contributed by atoms with Gasteiger partial charge in [0.05, 0.1) is 0 Å². The summed E-state index contributed by atoms with van der Waals surface area (Å²) in [5.74, 6) is -0.794. The van der Waals surface area contributed by atoms with Crippen LogP contribution in [0.1, 0.15) is 5.56 Å². The maximum absolute atomic E-state index is 11.8. The molecule has 6 heteroatoms. The molecule has 1 aromatic rings. The highest BCUT2D eigenvalue weighted by Crippen LogP contribution is 2.12. The third kappa shape index (κ3) is 5.97. The van der Waals surface area contributed by atoms with Gasteiger partial charge < -0.3 is 5.32 Å². The van der Waals surface area contributed by atoms with E-state index in [1.54, 1.807) is 29.6 Å². The second kappa shape index (κ2) is 5.72. The van der Waals surface area contributed by atoms with E-state index in [9.17, 15) is 18.0 Å². The van der Waals surface area contributed by atoms with E-state index in [0.717, 1.165) is 6.08 Å². The van der Waals surface area contributed by atoms with E-state index in [1.165, 1.54) is 6.08 Å². The average molecular weight is 264 g/mol. The molecule has 0 fully saturated rings. The quantitative estimate of drug-likeness (QED) is 0.835. The summed E-state index contributed by atoms with van der Waals surface area (Å²) in [7, 11) is 0. The molecule has 0 saturated carbocycles. The van der Waals surface area contributed by atoms with Gasteiger partial charge in [-0.1, -0.05) is 23.7 Å². The Balaban J connectivity index is 2.48. The molecule has 0 spiro atoms. The highest BCUT2D eigenvalue weighted by molar-refractivity contribution is 6.30. The second-order valence-electron chi connectivity index (χ2n) is 3.22. The van der Waals surface area contributed by atoms with Crippen molar-refractivity contribution in [1.29, 1.82) is 0 Å². The number of rotatable bonds is 3. The predicted molar refractivity (Wildman–Crippen MR) is 59.6 cm³/mol. The molecule has 2 nitrogen and oxygen atoms in total. The lowest BCUT2D eigenvalue weighted by molar-refractivity contribution is -0.135. The fraction of sp³-hybridized carbons (Fsp3) is 0.182. The first-order chi connectivity index (χ1) is 7.87. The molecule has 92 valence electrons. The Morgan fingerprint density at radius 1 is 1.29 bits per heavy atom. The lowest BCUT2D eigenvalue weighted by atomic mass is 10.2. The van der Waals surface area contributed by atoms with Crippen LogP contribution in [0.25, 0.3) is 6.08 Å². The Bertz CT molecular complexity index is 412. The Hall–Kier alpha value is -1.49. The third-order valence-electron chi connectivity index (χ3n) is 1.76. The molecule has 1 aromatic carbocycles. The van der Waals surface area contributed by atoms with Gasteiger partial charge in [-0.15, -0.1) is 0 Å². The number of carbonyl (C=O) groups excluding carboxylic acids is 1. The van der Waals surface area contributed by atoms with Gasteiger partial charge in [0.2, 0.25) is 5.91 Å². The number of hydrogen-bond donors (Lipinski definition) is 1. The molecule has 0 bridgehead atoms. The van der Waals surface area contributed by atoms with Crippen molar-refractivity contribution in [3.63, 3.8) is 0 Å². The van der Waals surface area contributed by atoms with Gasteiger partial charge in [-0.05, 0) is 23.8 Å². The van der Waals surface area contributed by atoms with Crippen LogP contribution in [0.5, 0.6) is 0 Å². The van der Waals surface area contributed by atoms with Crippen molar-refractivity contribution >= 4 is 23.6 Å². The SMILES string of the molecule is O=C(C=Cc1ccc(Cl)cc1)NCC(F)(F)F. The van der Waals surface area contributed by atoms with Gasteiger partial charge in [0.15, 0.2) is 0 Å². The van der Waals surface area contributed by atoms with E-state index in [4.69, 9.17) is 11.6 Å². The number of halogens is 4. The first kappa shape index (κ1) is 13.6. The average Bonchev–Trinajstić information content (AvgIpc) is 2.25. The minimum Gasteiger partial charge on any atom is -0.343 e. The van der Waals surface area contributed by atoms with Crippen molar-refractivity contribution in [2.45, 2.75) is 6.18 Å². The molecule has 0 saturated heterocycles. The van der Waals surface area contributed by atoms with Gasteiger partial charge in [-0.3, -0.25) is 4.79 Å². The molecule has 0 heterocycles. The first-order valence-electron chi connectivity index (χ1n) is 4.65. The summed E-state index contributed by atoms with van der Waals surface area (Å²) in [6.07, 6.45) is -1.96. The number of nitrogens with one attached hydrogen (secondary N) is 1. The van der Waals surface area contributed by atoms with Crippen molar-refractivity contribution in [1.82, 2.24) is 5.32 Å². The van der Waals surface area contributed by atoms with E-state index in [-0.39, 0.29) is 0 Å². The molecule has 0 aliphatic carbocycles. The van der Waals surface area contributed by atoms with Gasteiger partial charge in [0.25, 0.3) is 0 Å². The standard InChI is InChI=1S/C11H9ClF3NO/c12-9-4-1-8(2-5-9)3-6-10(17)16-7-11(13,14)15/h1-6H,7H2,(H,16,17). The van der Waals surface area contributed by atoms with Crippen LogP contribution in [0.3, 0.4) is 0 Å². The van der Waals surface area contributed by atoms with Crippen molar-refractivity contribution in [2.24, 2.45) is 0 Å². The molecular formula is C11H9ClF3NO. The molecule has 0 aliphatic heterocycles. The van der Waals surface area contributed by atoms with Gasteiger partial charge in [0, 0.05) is 11.1 Å². The Morgan fingerprint density at radius 3 is 2.41 bits per heavy atom. The monoisotopic (exact) mass is 263 g/mol. The summed E-state index contributed by atoms with van der Waals surface area (Å²) in [4.78, 5) is 11.0. The molecule has 0 aromatic heterocycles. The van der Waals surface area contributed by atoms with Crippen LogP contribution in [0.2, 0.25) is 5.02 Å². The molecule has 0 atom stereocenters. The topological polar surface area (TPSA) is 29.1 Å². The zero-order valence-electron chi connectivity index (χ0n) is 8.59. The number of alkyl halides is 3. The van der Waals surface area contributed by atoms with Crippen molar-refractivity contribution < 1.29 is 18.0 Å². The molecule has 0 unspecified atom stereocenters. The van der Waals surface area contributed by atoms with E-state index in [1.807, 2.05) is 0 Å². The van der Waals surface area contributed by atoms with Crippen LogP contribution in [0, 0.1) is 0 Å². The van der Waals surface area contributed by atoms with E-state index >= 15 is 0 Å². The molecule has 17 heavy (non-hydrogen) atoms. The maximum Gasteiger partial charge on any atom is 0.405 e. The molecule has 0 radical (unpaired) electrons. The van der Waals surface area contributed by atoms with Crippen LogP contribution in [0.4, 0.5) is 13.2 Å². The van der Waals surface area contributed by atoms with Crippen LogP contribution in [-0.4, -0.2) is 18.6 Å². The zero-order valence-corrected chi connectivity index (χ0v) is 9.35. The normalized spacial score (nSPS) is 11.8. The predicted octanol–water partition coefficient (Wildman–Crippen LogP) is 3.03. The van der Waals surface area contributed by atoms with Crippen molar-refractivity contribution in [3.05, 3.63) is 40.9 Å². The summed E-state index contributed by atoms with van der Waals surface area (Å²) in [5.41, 5.74) is 0.677. The first-order valence-corrected chi connectivity index (χ1v) is 5.03. The smallest absolute Gasteiger partial charge is 0.343 e. The Morgan fingerprint density at radius 2 is 1.88 bits per heavy atom. The highest BCUT2D eigenvalue weighted by atomic mass is 35.5. The van der Waals surface area contributed by atoms with Crippen LogP contribution < -0.4 is 5.32 Å². The maximum atomic E-state index is 11.8. The lowest BCUT2D eigenvalue weighted by Gasteiger charge is -2.05. The van der Waals surface area contributed by atoms with E-state index < -0.39 is 18.6 Å². The second-order valence-corrected chi connectivity index (χ2v) is 3.65. The lowest BCUT2D eigenvalue weighted by Crippen LogP contribution is -2.32. The molecule has 0 aliphatic rings. The zero-order chi connectivity index (χ0) is 12.9. The fourth-order valence-electron chi connectivity index (χ4n) is 0.992. The number of hydrogen-bond acceptors (Lipinski definition) is 1. The van der Waals surface area contributed by atoms with Crippen molar-refractivity contribution in [2.75, 3.05) is 6.54 Å². The number of amides is 1. The summed E-state index contributed by atoms with van der Waals surface area (Å²) in [5, 5.41) is 2.27. The highest BCUT2D eigenvalue weighted by Gasteiger charge is 2.27. The minimum absolute atomic E-state index is 0.545. The van der Waals surface area contributed by atoms with Gasteiger partial charge in [0.1, 0.15) is 6.54 Å². The van der Waals surface area contributed by atoms with Crippen LogP contribution in [0.15, 0.2) is 30.3 Å². The van der Waals surface area contributed by atoms with E-state index in [2.05, 4.69) is 0 Å². The summed E-state index contributed by atoms with van der Waals surface area (Å²) in [6.45, 7) is -1.34.